The fourth-order valence-electron chi connectivity index (χ4n) is 12.4. The Bertz CT molecular complexity index is 1950. The molecule has 19 heteroatoms. The molecule has 0 aliphatic heterocycles. The molecule has 17 nitrogen and oxygen atoms in total. The molecule has 3 N–H and O–H groups in total. The third-order valence-corrected chi connectivity index (χ3v) is 20.7. The van der Waals surface area contributed by atoms with Crippen LogP contribution < -0.4 is 0 Å². The molecular formula is C81H158O17P2. The largest absolute Gasteiger partial charge is 0.472 e. The van der Waals surface area contributed by atoms with Gasteiger partial charge in [-0.1, -0.05) is 364 Å². The van der Waals surface area contributed by atoms with Gasteiger partial charge in [0.2, 0.25) is 0 Å². The molecule has 5 atom stereocenters. The molecule has 3 unspecified atom stereocenters. The molecule has 0 aliphatic rings. The summed E-state index contributed by atoms with van der Waals surface area (Å²) in [7, 11) is -9.92. The van der Waals surface area contributed by atoms with Gasteiger partial charge in [-0.25, -0.2) is 9.13 Å². The monoisotopic (exact) mass is 1470 g/mol. The molecule has 0 aromatic rings. The molecule has 0 rings (SSSR count). The van der Waals surface area contributed by atoms with Crippen LogP contribution >= 0.6 is 15.6 Å². The van der Waals surface area contributed by atoms with Crippen molar-refractivity contribution in [3.8, 4) is 0 Å². The van der Waals surface area contributed by atoms with Crippen molar-refractivity contribution in [2.75, 3.05) is 39.6 Å². The first-order valence-corrected chi connectivity index (χ1v) is 44.7. The Morgan fingerprint density at radius 2 is 0.420 bits per heavy atom. The summed E-state index contributed by atoms with van der Waals surface area (Å²) in [5, 5.41) is 10.6. The van der Waals surface area contributed by atoms with Gasteiger partial charge in [0.15, 0.2) is 12.2 Å². The summed E-state index contributed by atoms with van der Waals surface area (Å²) in [5.74, 6) is 0.966. The zero-order chi connectivity index (χ0) is 73.8. The number of ether oxygens (including phenoxy) is 4. The highest BCUT2D eigenvalue weighted by atomic mass is 31.2. The third-order valence-electron chi connectivity index (χ3n) is 18.8. The van der Waals surface area contributed by atoms with E-state index in [2.05, 4.69) is 55.4 Å². The maximum Gasteiger partial charge on any atom is 0.472 e. The number of esters is 4. The second kappa shape index (κ2) is 70.1. The molecule has 594 valence electrons. The predicted molar refractivity (Wildman–Crippen MR) is 409 cm³/mol. The Morgan fingerprint density at radius 3 is 0.620 bits per heavy atom. The number of phosphoric acid groups is 2. The zero-order valence-corrected chi connectivity index (χ0v) is 67.6. The van der Waals surface area contributed by atoms with Crippen molar-refractivity contribution in [1.29, 1.82) is 0 Å². The van der Waals surface area contributed by atoms with Crippen molar-refractivity contribution >= 4 is 39.5 Å². The minimum absolute atomic E-state index is 0.106. The molecule has 0 radical (unpaired) electrons. The van der Waals surface area contributed by atoms with Crippen molar-refractivity contribution in [2.45, 2.75) is 433 Å². The number of carbonyl (C=O) groups excluding carboxylic acids is 4. The van der Waals surface area contributed by atoms with E-state index in [4.69, 9.17) is 37.0 Å². The molecule has 0 saturated carbocycles. The fourth-order valence-corrected chi connectivity index (χ4v) is 14.0. The van der Waals surface area contributed by atoms with Crippen molar-refractivity contribution in [3.63, 3.8) is 0 Å². The molecule has 0 aliphatic carbocycles. The van der Waals surface area contributed by atoms with Gasteiger partial charge in [-0.3, -0.25) is 37.3 Å². The smallest absolute Gasteiger partial charge is 0.462 e. The van der Waals surface area contributed by atoms with E-state index in [0.29, 0.717) is 31.6 Å². The van der Waals surface area contributed by atoms with E-state index in [9.17, 15) is 43.2 Å². The van der Waals surface area contributed by atoms with Crippen LogP contribution in [0.2, 0.25) is 0 Å². The fraction of sp³-hybridized carbons (Fsp3) is 0.951. The maximum atomic E-state index is 13.1. The van der Waals surface area contributed by atoms with Crippen LogP contribution in [0.4, 0.5) is 0 Å². The van der Waals surface area contributed by atoms with E-state index >= 15 is 0 Å². The minimum Gasteiger partial charge on any atom is -0.462 e. The van der Waals surface area contributed by atoms with E-state index in [1.165, 1.54) is 212 Å². The van der Waals surface area contributed by atoms with Gasteiger partial charge in [-0.2, -0.15) is 0 Å². The van der Waals surface area contributed by atoms with E-state index in [0.717, 1.165) is 114 Å². The van der Waals surface area contributed by atoms with Gasteiger partial charge in [-0.15, -0.1) is 0 Å². The van der Waals surface area contributed by atoms with Crippen LogP contribution in [0.1, 0.15) is 415 Å². The van der Waals surface area contributed by atoms with E-state index in [1.807, 2.05) is 0 Å². The topological polar surface area (TPSA) is 237 Å². The Balaban J connectivity index is 5.23. The van der Waals surface area contributed by atoms with Crippen LogP contribution in [0.3, 0.4) is 0 Å². The lowest BCUT2D eigenvalue weighted by atomic mass is 10.0. The highest BCUT2D eigenvalue weighted by Crippen LogP contribution is 2.45. The first-order chi connectivity index (χ1) is 48.1. The lowest BCUT2D eigenvalue weighted by Crippen LogP contribution is -2.30. The SMILES string of the molecule is CC(C)CCCCCCCCCCCCCCCCCCC(=O)OC[C@H](COP(=O)(O)OCC(O)COP(=O)(O)OC[C@@H](COC(=O)CCCCCCCCCC(C)C)OC(=O)CCCCCCCCCCCCCCCC(C)C)OC(=O)CCCCCCCCCCCCCCC(C)C. The Kier molecular flexibility index (Phi) is 68.7. The first kappa shape index (κ1) is 98.1. The molecule has 0 heterocycles. The van der Waals surface area contributed by atoms with Crippen molar-refractivity contribution in [2.24, 2.45) is 23.7 Å². The van der Waals surface area contributed by atoms with Gasteiger partial charge in [0.1, 0.15) is 19.3 Å². The van der Waals surface area contributed by atoms with Crippen LogP contribution in [0.15, 0.2) is 0 Å². The van der Waals surface area contributed by atoms with Gasteiger partial charge in [0.05, 0.1) is 26.4 Å². The number of phosphoric ester groups is 2. The minimum atomic E-state index is -4.96. The van der Waals surface area contributed by atoms with Crippen LogP contribution in [0.25, 0.3) is 0 Å². The summed E-state index contributed by atoms with van der Waals surface area (Å²) in [6, 6.07) is 0. The lowest BCUT2D eigenvalue weighted by molar-refractivity contribution is -0.161. The number of unbranched alkanes of at least 4 members (excludes halogenated alkanes) is 44. The van der Waals surface area contributed by atoms with Gasteiger partial charge in [0.25, 0.3) is 0 Å². The number of rotatable bonds is 78. The maximum absolute atomic E-state index is 13.1. The normalized spacial score (nSPS) is 14.0. The molecule has 0 fully saturated rings. The van der Waals surface area contributed by atoms with Crippen LogP contribution in [-0.2, 0) is 65.4 Å². The summed E-state index contributed by atoms with van der Waals surface area (Å²) in [6.07, 6.45) is 56.9. The highest BCUT2D eigenvalue weighted by molar-refractivity contribution is 7.47. The lowest BCUT2D eigenvalue weighted by Gasteiger charge is -2.21. The zero-order valence-electron chi connectivity index (χ0n) is 65.8. The molecule has 0 aromatic carbocycles. The summed E-state index contributed by atoms with van der Waals surface area (Å²) in [6.45, 7) is 14.2. The van der Waals surface area contributed by atoms with Gasteiger partial charge in [0, 0.05) is 25.7 Å². The molecule has 100 heavy (non-hydrogen) atoms. The first-order valence-electron chi connectivity index (χ1n) is 41.7. The number of carbonyl (C=O) groups is 4. The molecule has 0 aromatic heterocycles. The second-order valence-corrected chi connectivity index (χ2v) is 34.0. The summed E-state index contributed by atoms with van der Waals surface area (Å²) >= 11 is 0. The number of aliphatic hydroxyl groups is 1. The molecular weight excluding hydrogens is 1310 g/mol. The van der Waals surface area contributed by atoms with Crippen LogP contribution in [0, 0.1) is 23.7 Å². The Labute approximate surface area is 613 Å². The molecule has 0 spiro atoms. The van der Waals surface area contributed by atoms with Crippen molar-refractivity contribution in [3.05, 3.63) is 0 Å². The second-order valence-electron chi connectivity index (χ2n) is 31.1. The van der Waals surface area contributed by atoms with Crippen molar-refractivity contribution < 1.29 is 80.2 Å². The third kappa shape index (κ3) is 74.3. The van der Waals surface area contributed by atoms with Crippen LogP contribution in [-0.4, -0.2) is 96.7 Å². The molecule has 0 bridgehead atoms. The van der Waals surface area contributed by atoms with Crippen LogP contribution in [0.5, 0.6) is 0 Å². The number of aliphatic hydroxyl groups excluding tert-OH is 1. The average Bonchev–Trinajstić information content (AvgIpc) is 0.950. The summed E-state index contributed by atoms with van der Waals surface area (Å²) < 4.78 is 68.7. The average molecular weight is 1470 g/mol. The van der Waals surface area contributed by atoms with E-state index in [1.54, 1.807) is 0 Å². The van der Waals surface area contributed by atoms with E-state index in [-0.39, 0.29) is 25.7 Å². The Hall–Kier alpha value is -1.94. The quantitative estimate of drug-likeness (QED) is 0.0222. The number of hydrogen-bond donors (Lipinski definition) is 3. The molecule has 0 saturated heterocycles. The van der Waals surface area contributed by atoms with Gasteiger partial charge >= 0.3 is 39.5 Å². The number of hydrogen-bond acceptors (Lipinski definition) is 15. The molecule has 0 amide bonds. The van der Waals surface area contributed by atoms with Crippen molar-refractivity contribution in [1.82, 2.24) is 0 Å². The predicted octanol–water partition coefficient (Wildman–Crippen LogP) is 24.0. The summed E-state index contributed by atoms with van der Waals surface area (Å²) in [5.41, 5.74) is 0. The standard InChI is InChI=1S/C81H158O17P2/c1-71(2)57-49-41-33-26-20-14-11-9-10-12-16-23-29-37-45-53-61-78(83)91-67-76(97-81(86)64-56-48-39-31-25-19-18-22-28-35-43-51-59-73(5)6)69-95-99(87,88)93-65-75(82)66-94-100(89,90)96-70-77(68-92-79(84)62-54-46-40-32-36-44-52-60-74(7)8)98-80(85)63-55-47-38-30-24-17-13-15-21-27-34-42-50-58-72(3)4/h71-77,82H,9-70H2,1-8H3,(H,87,88)(H,89,90)/t75?,76-,77-/m1/s1. The van der Waals surface area contributed by atoms with E-state index < -0.39 is 97.5 Å². The summed E-state index contributed by atoms with van der Waals surface area (Å²) in [4.78, 5) is 73.0. The highest BCUT2D eigenvalue weighted by Gasteiger charge is 2.30. The van der Waals surface area contributed by atoms with Gasteiger partial charge < -0.3 is 33.8 Å². The Morgan fingerprint density at radius 1 is 0.250 bits per heavy atom. The van der Waals surface area contributed by atoms with Gasteiger partial charge in [-0.05, 0) is 49.4 Å².